The summed E-state index contributed by atoms with van der Waals surface area (Å²) in [5, 5.41) is 11.6. The van der Waals surface area contributed by atoms with Crippen LogP contribution in [0.15, 0.2) is 42.5 Å². The zero-order valence-electron chi connectivity index (χ0n) is 9.86. The van der Waals surface area contributed by atoms with E-state index in [4.69, 9.17) is 16.7 Å². The molecular weight excluding hydrogens is 269 g/mol. The van der Waals surface area contributed by atoms with E-state index in [2.05, 4.69) is 5.32 Å². The molecule has 2 rings (SSSR count). The Morgan fingerprint density at radius 2 is 1.95 bits per heavy atom. The SMILES string of the molecule is O=C(Nc1ccccc1CO)c1cccc(Cl)c1F. The number of carbonyl (C=O) groups is 1. The molecule has 0 aliphatic carbocycles. The number of amides is 1. The second kappa shape index (κ2) is 5.82. The van der Waals surface area contributed by atoms with Crippen LogP contribution < -0.4 is 5.32 Å². The Hall–Kier alpha value is -1.91. The zero-order valence-corrected chi connectivity index (χ0v) is 10.6. The first-order valence-electron chi connectivity index (χ1n) is 5.57. The predicted molar refractivity (Wildman–Crippen MR) is 71.7 cm³/mol. The van der Waals surface area contributed by atoms with Crippen molar-refractivity contribution in [1.82, 2.24) is 0 Å². The zero-order chi connectivity index (χ0) is 13.8. The van der Waals surface area contributed by atoms with Crippen molar-refractivity contribution in [3.05, 3.63) is 64.4 Å². The molecule has 3 nitrogen and oxygen atoms in total. The van der Waals surface area contributed by atoms with Crippen LogP contribution in [0.2, 0.25) is 5.02 Å². The standard InChI is InChI=1S/C14H11ClFNO2/c15-11-6-3-5-10(13(11)16)14(19)17-12-7-2-1-4-9(12)8-18/h1-7,18H,8H2,(H,17,19). The van der Waals surface area contributed by atoms with Crippen molar-refractivity contribution < 1.29 is 14.3 Å². The van der Waals surface area contributed by atoms with Crippen molar-refractivity contribution in [1.29, 1.82) is 0 Å². The van der Waals surface area contributed by atoms with Gasteiger partial charge in [-0.05, 0) is 18.2 Å². The van der Waals surface area contributed by atoms with Crippen LogP contribution in [0, 0.1) is 5.82 Å². The van der Waals surface area contributed by atoms with E-state index < -0.39 is 11.7 Å². The topological polar surface area (TPSA) is 49.3 Å². The van der Waals surface area contributed by atoms with E-state index in [9.17, 15) is 9.18 Å². The smallest absolute Gasteiger partial charge is 0.258 e. The first kappa shape index (κ1) is 13.5. The number of aliphatic hydroxyl groups is 1. The molecule has 2 aromatic carbocycles. The van der Waals surface area contributed by atoms with Gasteiger partial charge < -0.3 is 10.4 Å². The first-order valence-corrected chi connectivity index (χ1v) is 5.95. The van der Waals surface area contributed by atoms with E-state index in [1.807, 2.05) is 0 Å². The highest BCUT2D eigenvalue weighted by atomic mass is 35.5. The number of halogens is 2. The maximum absolute atomic E-state index is 13.7. The molecule has 0 saturated carbocycles. The summed E-state index contributed by atoms with van der Waals surface area (Å²) < 4.78 is 13.7. The van der Waals surface area contributed by atoms with Crippen LogP contribution in [0.25, 0.3) is 0 Å². The summed E-state index contributed by atoms with van der Waals surface area (Å²) in [6.07, 6.45) is 0. The Morgan fingerprint density at radius 1 is 1.21 bits per heavy atom. The van der Waals surface area contributed by atoms with Gasteiger partial charge in [-0.3, -0.25) is 4.79 Å². The minimum atomic E-state index is -0.761. The molecule has 0 bridgehead atoms. The molecule has 0 aliphatic rings. The van der Waals surface area contributed by atoms with Gasteiger partial charge in [-0.1, -0.05) is 35.9 Å². The van der Waals surface area contributed by atoms with Gasteiger partial charge in [0.25, 0.3) is 5.91 Å². The van der Waals surface area contributed by atoms with E-state index >= 15 is 0 Å². The number of rotatable bonds is 3. The highest BCUT2D eigenvalue weighted by molar-refractivity contribution is 6.31. The maximum Gasteiger partial charge on any atom is 0.258 e. The average molecular weight is 280 g/mol. The number of benzene rings is 2. The number of carbonyl (C=O) groups excluding carboxylic acids is 1. The first-order chi connectivity index (χ1) is 9.13. The maximum atomic E-state index is 13.7. The van der Waals surface area contributed by atoms with Crippen molar-refractivity contribution in [2.24, 2.45) is 0 Å². The molecule has 0 radical (unpaired) electrons. The van der Waals surface area contributed by atoms with Crippen LogP contribution in [0.4, 0.5) is 10.1 Å². The van der Waals surface area contributed by atoms with Crippen molar-refractivity contribution in [3.8, 4) is 0 Å². The molecule has 19 heavy (non-hydrogen) atoms. The third-order valence-electron chi connectivity index (χ3n) is 2.63. The highest BCUT2D eigenvalue weighted by Gasteiger charge is 2.15. The van der Waals surface area contributed by atoms with Crippen molar-refractivity contribution in [3.63, 3.8) is 0 Å². The molecule has 0 heterocycles. The van der Waals surface area contributed by atoms with Crippen molar-refractivity contribution in [2.45, 2.75) is 6.61 Å². The normalized spacial score (nSPS) is 10.3. The second-order valence-corrected chi connectivity index (χ2v) is 4.28. The molecule has 98 valence electrons. The molecule has 0 unspecified atom stereocenters. The summed E-state index contributed by atoms with van der Waals surface area (Å²) in [5.74, 6) is -1.37. The van der Waals surface area contributed by atoms with E-state index in [1.54, 1.807) is 24.3 Å². The predicted octanol–water partition coefficient (Wildman–Crippen LogP) is 3.22. The second-order valence-electron chi connectivity index (χ2n) is 3.87. The van der Waals surface area contributed by atoms with Gasteiger partial charge >= 0.3 is 0 Å². The number of nitrogens with one attached hydrogen (secondary N) is 1. The summed E-state index contributed by atoms with van der Waals surface area (Å²) in [6, 6.07) is 11.0. The average Bonchev–Trinajstić information content (AvgIpc) is 2.42. The Balaban J connectivity index is 2.28. The molecule has 5 heteroatoms. The molecule has 0 atom stereocenters. The van der Waals surface area contributed by atoms with Crippen LogP contribution in [0.5, 0.6) is 0 Å². The van der Waals surface area contributed by atoms with Crippen molar-refractivity contribution >= 4 is 23.2 Å². The summed E-state index contributed by atoms with van der Waals surface area (Å²) in [4.78, 5) is 12.0. The fourth-order valence-electron chi connectivity index (χ4n) is 1.65. The fraction of sp³-hybridized carbons (Fsp3) is 0.0714. The van der Waals surface area contributed by atoms with Crippen LogP contribution in [-0.2, 0) is 6.61 Å². The monoisotopic (exact) mass is 279 g/mol. The lowest BCUT2D eigenvalue weighted by atomic mass is 10.1. The van der Waals surface area contributed by atoms with E-state index in [-0.39, 0.29) is 17.2 Å². The molecule has 2 aromatic rings. The largest absolute Gasteiger partial charge is 0.392 e. The number of hydrogen-bond acceptors (Lipinski definition) is 2. The van der Waals surface area contributed by atoms with Gasteiger partial charge in [0.1, 0.15) is 0 Å². The molecule has 0 aliphatic heterocycles. The summed E-state index contributed by atoms with van der Waals surface area (Å²) in [7, 11) is 0. The fourth-order valence-corrected chi connectivity index (χ4v) is 1.82. The summed E-state index contributed by atoms with van der Waals surface area (Å²) in [6.45, 7) is -0.214. The lowest BCUT2D eigenvalue weighted by Crippen LogP contribution is -2.15. The number of para-hydroxylation sites is 1. The number of hydrogen-bond donors (Lipinski definition) is 2. The number of aliphatic hydroxyl groups excluding tert-OH is 1. The summed E-state index contributed by atoms with van der Waals surface area (Å²) in [5.41, 5.74) is 0.855. The van der Waals surface area contributed by atoms with Crippen LogP contribution in [0.3, 0.4) is 0 Å². The van der Waals surface area contributed by atoms with Gasteiger partial charge in [-0.2, -0.15) is 0 Å². The molecule has 0 aromatic heterocycles. The third-order valence-corrected chi connectivity index (χ3v) is 2.92. The minimum absolute atomic E-state index is 0.108. The highest BCUT2D eigenvalue weighted by Crippen LogP contribution is 2.20. The van der Waals surface area contributed by atoms with Gasteiger partial charge in [0.2, 0.25) is 0 Å². The number of anilines is 1. The van der Waals surface area contributed by atoms with Crippen molar-refractivity contribution in [2.75, 3.05) is 5.32 Å². The lowest BCUT2D eigenvalue weighted by molar-refractivity contribution is 0.102. The van der Waals surface area contributed by atoms with E-state index in [0.29, 0.717) is 11.3 Å². The molecule has 0 saturated heterocycles. The van der Waals surface area contributed by atoms with Gasteiger partial charge in [-0.25, -0.2) is 4.39 Å². The Morgan fingerprint density at radius 3 is 2.68 bits per heavy atom. The third kappa shape index (κ3) is 2.92. The van der Waals surface area contributed by atoms with Crippen LogP contribution in [0.1, 0.15) is 15.9 Å². The molecule has 2 N–H and O–H groups in total. The van der Waals surface area contributed by atoms with Gasteiger partial charge in [-0.15, -0.1) is 0 Å². The molecule has 0 fully saturated rings. The van der Waals surface area contributed by atoms with E-state index in [0.717, 1.165) is 0 Å². The Labute approximate surface area is 114 Å². The van der Waals surface area contributed by atoms with Crippen LogP contribution in [-0.4, -0.2) is 11.0 Å². The van der Waals surface area contributed by atoms with Gasteiger partial charge in [0.15, 0.2) is 5.82 Å². The van der Waals surface area contributed by atoms with Gasteiger partial charge in [0.05, 0.1) is 17.2 Å². The Bertz CT molecular complexity index is 616. The van der Waals surface area contributed by atoms with Gasteiger partial charge in [0, 0.05) is 11.3 Å². The lowest BCUT2D eigenvalue weighted by Gasteiger charge is -2.10. The molecule has 1 amide bonds. The van der Waals surface area contributed by atoms with E-state index in [1.165, 1.54) is 18.2 Å². The Kier molecular flexibility index (Phi) is 4.14. The molecular formula is C14H11ClFNO2. The minimum Gasteiger partial charge on any atom is -0.392 e. The quantitative estimate of drug-likeness (QED) is 0.906. The summed E-state index contributed by atoms with van der Waals surface area (Å²) >= 11 is 5.62. The molecule has 0 spiro atoms. The van der Waals surface area contributed by atoms with Crippen LogP contribution >= 0.6 is 11.6 Å².